The van der Waals surface area contributed by atoms with Crippen LogP contribution in [0.25, 0.3) is 4.96 Å². The Morgan fingerprint density at radius 3 is 2.71 bits per heavy atom. The van der Waals surface area contributed by atoms with Crippen LogP contribution in [0, 0.1) is 27.7 Å². The monoisotopic (exact) mass is 304 g/mol. The number of aromatic nitrogens is 3. The van der Waals surface area contributed by atoms with Gasteiger partial charge in [-0.15, -0.1) is 11.3 Å². The Hall–Kier alpha value is -2.15. The first-order valence-corrected chi connectivity index (χ1v) is 7.43. The number of nitrogens with one attached hydrogen (secondary N) is 1. The number of nitrogens with zero attached hydrogens (tertiary/aromatic N) is 3. The van der Waals surface area contributed by atoms with Gasteiger partial charge >= 0.3 is 0 Å². The highest BCUT2D eigenvalue weighted by molar-refractivity contribution is 7.17. The lowest BCUT2D eigenvalue weighted by atomic mass is 10.3. The number of hydrogen-bond acceptors (Lipinski definition) is 5. The van der Waals surface area contributed by atoms with Crippen molar-refractivity contribution in [2.75, 3.05) is 0 Å². The Balaban J connectivity index is 1.81. The number of imidazole rings is 1. The van der Waals surface area contributed by atoms with Crippen molar-refractivity contribution in [2.24, 2.45) is 0 Å². The van der Waals surface area contributed by atoms with Gasteiger partial charge in [0, 0.05) is 18.0 Å². The van der Waals surface area contributed by atoms with Crippen LogP contribution in [-0.4, -0.2) is 20.3 Å². The van der Waals surface area contributed by atoms with E-state index in [1.807, 2.05) is 24.4 Å². The van der Waals surface area contributed by atoms with Crippen LogP contribution in [0.5, 0.6) is 0 Å². The average molecular weight is 304 g/mol. The van der Waals surface area contributed by atoms with Crippen LogP contribution in [0.3, 0.4) is 0 Å². The normalized spacial score (nSPS) is 11.2. The molecule has 0 saturated heterocycles. The number of rotatable bonds is 3. The van der Waals surface area contributed by atoms with E-state index in [1.165, 1.54) is 4.88 Å². The van der Waals surface area contributed by atoms with Gasteiger partial charge in [0.25, 0.3) is 5.91 Å². The first-order valence-electron chi connectivity index (χ1n) is 6.62. The molecular weight excluding hydrogens is 288 g/mol. The van der Waals surface area contributed by atoms with E-state index in [1.54, 1.807) is 25.2 Å². The molecule has 0 aliphatic rings. The number of fused-ring (bicyclic) bond motifs is 1. The molecule has 0 unspecified atom stereocenters. The lowest BCUT2D eigenvalue weighted by Gasteiger charge is -2.04. The van der Waals surface area contributed by atoms with Crippen LogP contribution in [0.15, 0.2) is 10.6 Å². The van der Waals surface area contributed by atoms with Crippen LogP contribution in [0.2, 0.25) is 0 Å². The molecule has 7 heteroatoms. The van der Waals surface area contributed by atoms with Crippen molar-refractivity contribution in [3.05, 3.63) is 39.8 Å². The highest BCUT2D eigenvalue weighted by Crippen LogP contribution is 2.20. The SMILES string of the molecule is Cc1nc(C)c(C(=O)NCc2c(C)nc3sc(C)cn23)o1. The Labute approximate surface area is 125 Å². The van der Waals surface area contributed by atoms with Gasteiger partial charge in [-0.05, 0) is 20.8 Å². The van der Waals surface area contributed by atoms with Gasteiger partial charge in [0.1, 0.15) is 0 Å². The van der Waals surface area contributed by atoms with Crippen LogP contribution in [-0.2, 0) is 6.54 Å². The molecule has 6 nitrogen and oxygen atoms in total. The van der Waals surface area contributed by atoms with E-state index in [2.05, 4.69) is 15.3 Å². The summed E-state index contributed by atoms with van der Waals surface area (Å²) < 4.78 is 7.35. The van der Waals surface area contributed by atoms with Crippen molar-refractivity contribution in [3.63, 3.8) is 0 Å². The molecule has 0 fully saturated rings. The minimum absolute atomic E-state index is 0.255. The van der Waals surface area contributed by atoms with Crippen molar-refractivity contribution in [2.45, 2.75) is 34.2 Å². The van der Waals surface area contributed by atoms with E-state index in [0.29, 0.717) is 18.1 Å². The third-order valence-corrected chi connectivity index (χ3v) is 4.17. The highest BCUT2D eigenvalue weighted by atomic mass is 32.1. The van der Waals surface area contributed by atoms with Crippen LogP contribution in [0.4, 0.5) is 0 Å². The van der Waals surface area contributed by atoms with Gasteiger partial charge in [0.2, 0.25) is 5.76 Å². The van der Waals surface area contributed by atoms with Crippen LogP contribution >= 0.6 is 11.3 Å². The van der Waals surface area contributed by atoms with Crippen LogP contribution < -0.4 is 5.32 Å². The van der Waals surface area contributed by atoms with Gasteiger partial charge in [-0.3, -0.25) is 9.20 Å². The van der Waals surface area contributed by atoms with Crippen molar-refractivity contribution >= 4 is 22.2 Å². The molecule has 3 aromatic rings. The summed E-state index contributed by atoms with van der Waals surface area (Å²) in [4.78, 5) is 22.9. The molecule has 1 amide bonds. The van der Waals surface area contributed by atoms with Crippen LogP contribution in [0.1, 0.15) is 38.4 Å². The zero-order chi connectivity index (χ0) is 15.1. The maximum Gasteiger partial charge on any atom is 0.289 e. The quantitative estimate of drug-likeness (QED) is 0.807. The maximum atomic E-state index is 12.2. The van der Waals surface area contributed by atoms with Crippen molar-refractivity contribution < 1.29 is 9.21 Å². The number of hydrogen-bond donors (Lipinski definition) is 1. The van der Waals surface area contributed by atoms with Crippen molar-refractivity contribution in [1.29, 1.82) is 0 Å². The summed E-state index contributed by atoms with van der Waals surface area (Å²) in [7, 11) is 0. The topological polar surface area (TPSA) is 72.4 Å². The predicted molar refractivity (Wildman–Crippen MR) is 79.7 cm³/mol. The first kappa shape index (κ1) is 13.8. The largest absolute Gasteiger partial charge is 0.436 e. The first-order chi connectivity index (χ1) is 9.95. The number of amides is 1. The molecule has 1 N–H and O–H groups in total. The van der Waals surface area contributed by atoms with Gasteiger partial charge in [-0.1, -0.05) is 0 Å². The molecule has 3 aromatic heterocycles. The molecule has 0 spiro atoms. The fourth-order valence-corrected chi connectivity index (χ4v) is 3.20. The Bertz CT molecular complexity index is 828. The maximum absolute atomic E-state index is 12.2. The summed E-state index contributed by atoms with van der Waals surface area (Å²) in [6.45, 7) is 7.87. The van der Waals surface area contributed by atoms with E-state index < -0.39 is 0 Å². The van der Waals surface area contributed by atoms with Gasteiger partial charge in [0.15, 0.2) is 10.9 Å². The second-order valence-corrected chi connectivity index (χ2v) is 6.18. The third-order valence-electron chi connectivity index (χ3n) is 3.27. The molecule has 0 aromatic carbocycles. The second kappa shape index (κ2) is 5.00. The average Bonchev–Trinajstić information content (AvgIpc) is 3.00. The molecular formula is C14H16N4O2S. The number of carbonyl (C=O) groups is 1. The van der Waals surface area contributed by atoms with E-state index >= 15 is 0 Å². The summed E-state index contributed by atoms with van der Waals surface area (Å²) in [5.74, 6) is 0.510. The van der Waals surface area contributed by atoms with E-state index in [-0.39, 0.29) is 11.7 Å². The third kappa shape index (κ3) is 2.44. The van der Waals surface area contributed by atoms with Gasteiger partial charge in [-0.2, -0.15) is 0 Å². The molecule has 3 rings (SSSR count). The fraction of sp³-hybridized carbons (Fsp3) is 0.357. The summed E-state index contributed by atoms with van der Waals surface area (Å²) in [6, 6.07) is 0. The highest BCUT2D eigenvalue weighted by Gasteiger charge is 2.17. The molecule has 0 atom stereocenters. The number of aryl methyl sites for hydroxylation is 4. The Kier molecular flexibility index (Phi) is 3.29. The standard InChI is InChI=1S/C14H16N4O2S/c1-7-6-18-11(8(2)17-14(18)21-7)5-15-13(19)12-9(3)16-10(4)20-12/h6H,5H2,1-4H3,(H,15,19). The summed E-state index contributed by atoms with van der Waals surface area (Å²) >= 11 is 1.63. The molecule has 21 heavy (non-hydrogen) atoms. The van der Waals surface area contributed by atoms with E-state index in [4.69, 9.17) is 4.42 Å². The molecule has 0 saturated carbocycles. The number of oxazole rings is 1. The number of thiazole rings is 1. The molecule has 3 heterocycles. The Morgan fingerprint density at radius 1 is 1.29 bits per heavy atom. The van der Waals surface area contributed by atoms with Gasteiger partial charge in [0.05, 0.1) is 23.6 Å². The smallest absolute Gasteiger partial charge is 0.289 e. The van der Waals surface area contributed by atoms with Crippen molar-refractivity contribution in [1.82, 2.24) is 19.7 Å². The predicted octanol–water partition coefficient (Wildman–Crippen LogP) is 2.55. The second-order valence-electron chi connectivity index (χ2n) is 4.97. The van der Waals surface area contributed by atoms with Gasteiger partial charge < -0.3 is 9.73 Å². The molecule has 0 bridgehead atoms. The zero-order valence-corrected chi connectivity index (χ0v) is 13.2. The summed E-state index contributed by atoms with van der Waals surface area (Å²) in [5.41, 5.74) is 2.51. The fourth-order valence-electron chi connectivity index (χ4n) is 2.31. The molecule has 0 aliphatic heterocycles. The lowest BCUT2D eigenvalue weighted by Crippen LogP contribution is -2.24. The van der Waals surface area contributed by atoms with Gasteiger partial charge in [-0.25, -0.2) is 9.97 Å². The molecule has 0 aliphatic carbocycles. The minimum atomic E-state index is -0.255. The van der Waals surface area contributed by atoms with Crippen molar-refractivity contribution in [3.8, 4) is 0 Å². The summed E-state index contributed by atoms with van der Waals surface area (Å²) in [6.07, 6.45) is 2.03. The summed E-state index contributed by atoms with van der Waals surface area (Å²) in [5, 5.41) is 2.87. The Morgan fingerprint density at radius 2 is 2.05 bits per heavy atom. The number of carbonyl (C=O) groups excluding carboxylic acids is 1. The molecule has 110 valence electrons. The zero-order valence-electron chi connectivity index (χ0n) is 12.4. The minimum Gasteiger partial charge on any atom is -0.436 e. The van der Waals surface area contributed by atoms with E-state index in [9.17, 15) is 4.79 Å². The lowest BCUT2D eigenvalue weighted by molar-refractivity contribution is 0.0920. The van der Waals surface area contributed by atoms with E-state index in [0.717, 1.165) is 16.3 Å². The molecule has 0 radical (unpaired) electrons.